The average molecular weight is 360 g/mol. The summed E-state index contributed by atoms with van der Waals surface area (Å²) in [6.07, 6.45) is 4.14. The van der Waals surface area contributed by atoms with Crippen molar-refractivity contribution in [3.63, 3.8) is 0 Å². The molecule has 0 saturated heterocycles. The van der Waals surface area contributed by atoms with Crippen molar-refractivity contribution in [2.75, 3.05) is 0 Å². The third kappa shape index (κ3) is 2.06. The Labute approximate surface area is 153 Å². The molecule has 0 bridgehead atoms. The number of nitrogens with zero attached hydrogens (tertiary/aromatic N) is 6. The van der Waals surface area contributed by atoms with E-state index in [-0.39, 0.29) is 12.1 Å². The van der Waals surface area contributed by atoms with Crippen LogP contribution in [0.15, 0.2) is 46.2 Å². The van der Waals surface area contributed by atoms with Crippen LogP contribution in [0.5, 0.6) is 0 Å². The molecule has 1 fully saturated rings. The Morgan fingerprint density at radius 3 is 2.96 bits per heavy atom. The molecule has 8 heteroatoms. The summed E-state index contributed by atoms with van der Waals surface area (Å²) in [4.78, 5) is 25.5. The summed E-state index contributed by atoms with van der Waals surface area (Å²) < 4.78 is 8.58. The van der Waals surface area contributed by atoms with Crippen LogP contribution in [0.1, 0.15) is 34.7 Å². The van der Waals surface area contributed by atoms with Crippen molar-refractivity contribution < 1.29 is 4.52 Å². The number of aromatic nitrogens is 6. The highest BCUT2D eigenvalue weighted by Gasteiger charge is 2.58. The first kappa shape index (κ1) is 14.8. The number of benzene rings is 1. The Kier molecular flexibility index (Phi) is 2.81. The number of rotatable bonds is 3. The van der Waals surface area contributed by atoms with Crippen LogP contribution in [0.3, 0.4) is 0 Å². The molecular formula is C19H16N6O2. The summed E-state index contributed by atoms with van der Waals surface area (Å²) in [5, 5.41) is 4.19. The van der Waals surface area contributed by atoms with E-state index in [4.69, 9.17) is 4.52 Å². The molecule has 3 unspecified atom stereocenters. The fraction of sp³-hybridized carbons (Fsp3) is 0.316. The van der Waals surface area contributed by atoms with Crippen molar-refractivity contribution in [2.24, 2.45) is 13.0 Å². The zero-order valence-corrected chi connectivity index (χ0v) is 14.6. The normalized spacial score (nSPS) is 22.8. The molecule has 3 heterocycles. The Balaban J connectivity index is 1.28. The largest absolute Gasteiger partial charge is 0.337 e. The van der Waals surface area contributed by atoms with Gasteiger partial charge >= 0.3 is 0 Å². The van der Waals surface area contributed by atoms with E-state index in [2.05, 4.69) is 44.4 Å². The standard InChI is InChI=1S/C19H16N6O2/c1-24-8-20-18-16(24)19(26)25(9-21-18)7-13-22-17(23-27-13)15-12-6-10-4-2-3-5-11(10)14(12)15/h2-5,8-9,12,14-15H,6-7H2,1H3. The lowest BCUT2D eigenvalue weighted by atomic mass is 10.0. The maximum absolute atomic E-state index is 12.6. The average Bonchev–Trinajstić information content (AvgIpc) is 3.03. The van der Waals surface area contributed by atoms with Crippen LogP contribution in [0, 0.1) is 5.92 Å². The third-order valence-electron chi connectivity index (χ3n) is 5.83. The first-order valence-electron chi connectivity index (χ1n) is 8.97. The zero-order valence-electron chi connectivity index (χ0n) is 14.6. The van der Waals surface area contributed by atoms with Gasteiger partial charge in [0.05, 0.1) is 6.33 Å². The molecule has 2 aliphatic carbocycles. The van der Waals surface area contributed by atoms with E-state index in [1.807, 2.05) is 0 Å². The zero-order chi connectivity index (χ0) is 18.1. The van der Waals surface area contributed by atoms with Gasteiger partial charge in [0.25, 0.3) is 5.56 Å². The van der Waals surface area contributed by atoms with Gasteiger partial charge in [-0.1, -0.05) is 29.4 Å². The Morgan fingerprint density at radius 1 is 1.19 bits per heavy atom. The van der Waals surface area contributed by atoms with Gasteiger partial charge in [-0.05, 0) is 29.4 Å². The Morgan fingerprint density at radius 2 is 2.04 bits per heavy atom. The van der Waals surface area contributed by atoms with E-state index in [9.17, 15) is 4.79 Å². The molecule has 0 amide bonds. The van der Waals surface area contributed by atoms with Gasteiger partial charge in [0.2, 0.25) is 5.89 Å². The van der Waals surface area contributed by atoms with Crippen LogP contribution < -0.4 is 5.56 Å². The minimum Gasteiger partial charge on any atom is -0.337 e. The lowest BCUT2D eigenvalue weighted by molar-refractivity contribution is 0.364. The molecule has 3 aromatic heterocycles. The minimum absolute atomic E-state index is 0.169. The monoisotopic (exact) mass is 360 g/mol. The van der Waals surface area contributed by atoms with Gasteiger partial charge in [0.1, 0.15) is 12.9 Å². The summed E-state index contributed by atoms with van der Waals surface area (Å²) in [5.74, 6) is 2.57. The molecule has 0 spiro atoms. The van der Waals surface area contributed by atoms with Gasteiger partial charge in [-0.2, -0.15) is 4.98 Å². The van der Waals surface area contributed by atoms with Crippen molar-refractivity contribution in [2.45, 2.75) is 24.8 Å². The van der Waals surface area contributed by atoms with Gasteiger partial charge in [-0.15, -0.1) is 0 Å². The number of imidazole rings is 1. The van der Waals surface area contributed by atoms with Crippen molar-refractivity contribution in [1.82, 2.24) is 29.2 Å². The Hall–Kier alpha value is -3.29. The fourth-order valence-corrected chi connectivity index (χ4v) is 4.50. The number of aryl methyl sites for hydroxylation is 1. The molecule has 0 aliphatic heterocycles. The second kappa shape index (κ2) is 5.12. The van der Waals surface area contributed by atoms with Crippen LogP contribution in [-0.4, -0.2) is 29.2 Å². The highest BCUT2D eigenvalue weighted by atomic mass is 16.5. The Bertz CT molecular complexity index is 1250. The molecule has 3 atom stereocenters. The highest BCUT2D eigenvalue weighted by molar-refractivity contribution is 5.68. The third-order valence-corrected chi connectivity index (χ3v) is 5.83. The molecule has 8 nitrogen and oxygen atoms in total. The van der Waals surface area contributed by atoms with Crippen molar-refractivity contribution in [1.29, 1.82) is 0 Å². The lowest BCUT2D eigenvalue weighted by Gasteiger charge is -2.04. The number of hydrogen-bond donors (Lipinski definition) is 0. The van der Waals surface area contributed by atoms with E-state index in [0.29, 0.717) is 34.8 Å². The predicted octanol–water partition coefficient (Wildman–Crippen LogP) is 1.61. The molecular weight excluding hydrogens is 344 g/mol. The summed E-state index contributed by atoms with van der Waals surface area (Å²) >= 11 is 0. The highest BCUT2D eigenvalue weighted by Crippen LogP contribution is 2.65. The van der Waals surface area contributed by atoms with E-state index in [0.717, 1.165) is 12.2 Å². The smallest absolute Gasteiger partial charge is 0.280 e. The molecule has 1 aromatic carbocycles. The second-order valence-corrected chi connectivity index (χ2v) is 7.37. The van der Waals surface area contributed by atoms with Gasteiger partial charge in [-0.3, -0.25) is 9.36 Å². The molecule has 27 heavy (non-hydrogen) atoms. The SMILES string of the molecule is Cn1cnc2ncn(Cc3nc(C4C5Cc6ccccc6C54)no3)c(=O)c21. The lowest BCUT2D eigenvalue weighted by Crippen LogP contribution is -2.22. The van der Waals surface area contributed by atoms with Crippen LogP contribution in [0.25, 0.3) is 11.2 Å². The van der Waals surface area contributed by atoms with Crippen LogP contribution >= 0.6 is 0 Å². The van der Waals surface area contributed by atoms with E-state index in [1.54, 1.807) is 17.9 Å². The number of hydrogen-bond acceptors (Lipinski definition) is 6. The summed E-state index contributed by atoms with van der Waals surface area (Å²) in [7, 11) is 1.78. The van der Waals surface area contributed by atoms with Crippen molar-refractivity contribution in [3.8, 4) is 0 Å². The quantitative estimate of drug-likeness (QED) is 0.551. The van der Waals surface area contributed by atoms with Gasteiger partial charge in [0.15, 0.2) is 17.0 Å². The van der Waals surface area contributed by atoms with Gasteiger partial charge in [-0.25, -0.2) is 9.97 Å². The van der Waals surface area contributed by atoms with Crippen LogP contribution in [0.4, 0.5) is 0 Å². The molecule has 134 valence electrons. The van der Waals surface area contributed by atoms with Gasteiger partial charge in [0, 0.05) is 13.0 Å². The molecule has 2 aliphatic rings. The molecule has 4 aromatic rings. The van der Waals surface area contributed by atoms with Crippen LogP contribution in [-0.2, 0) is 20.0 Å². The van der Waals surface area contributed by atoms with Crippen molar-refractivity contribution >= 4 is 11.2 Å². The molecule has 6 rings (SSSR count). The molecule has 0 radical (unpaired) electrons. The minimum atomic E-state index is -0.169. The second-order valence-electron chi connectivity index (χ2n) is 7.37. The van der Waals surface area contributed by atoms with Crippen molar-refractivity contribution in [3.05, 3.63) is 70.1 Å². The fourth-order valence-electron chi connectivity index (χ4n) is 4.50. The van der Waals surface area contributed by atoms with E-state index < -0.39 is 0 Å². The summed E-state index contributed by atoms with van der Waals surface area (Å²) in [6, 6.07) is 8.59. The number of fused-ring (bicyclic) bond motifs is 4. The summed E-state index contributed by atoms with van der Waals surface area (Å²) in [5.41, 5.74) is 3.59. The van der Waals surface area contributed by atoms with Gasteiger partial charge < -0.3 is 9.09 Å². The first-order valence-corrected chi connectivity index (χ1v) is 8.97. The predicted molar refractivity (Wildman–Crippen MR) is 95.3 cm³/mol. The maximum atomic E-state index is 12.6. The first-order chi connectivity index (χ1) is 13.2. The molecule has 1 saturated carbocycles. The topological polar surface area (TPSA) is 91.6 Å². The summed E-state index contributed by atoms with van der Waals surface area (Å²) in [6.45, 7) is 0.207. The van der Waals surface area contributed by atoms with E-state index >= 15 is 0 Å². The van der Waals surface area contributed by atoms with Crippen LogP contribution in [0.2, 0.25) is 0 Å². The maximum Gasteiger partial charge on any atom is 0.280 e. The molecule has 0 N–H and O–H groups in total. The van der Waals surface area contributed by atoms with E-state index in [1.165, 1.54) is 22.0 Å².